The molecule has 0 aromatic heterocycles. The Morgan fingerprint density at radius 3 is 2.43 bits per heavy atom. The number of urea groups is 1. The van der Waals surface area contributed by atoms with Crippen LogP contribution >= 0.6 is 0 Å². The first kappa shape index (κ1) is 19.5. The number of nitrogens with zero attached hydrogens (tertiary/aromatic N) is 1. The van der Waals surface area contributed by atoms with E-state index in [9.17, 15) is 24.0 Å². The summed E-state index contributed by atoms with van der Waals surface area (Å²) in [5.41, 5.74) is -0.125. The molecule has 148 valence electrons. The molecule has 1 aromatic rings. The van der Waals surface area contributed by atoms with Crippen LogP contribution in [0.15, 0.2) is 24.3 Å². The predicted octanol–water partition coefficient (Wildman–Crippen LogP) is 1.09. The predicted molar refractivity (Wildman–Crippen MR) is 97.4 cm³/mol. The number of imide groups is 1. The largest absolute Gasteiger partial charge is 0.456 e. The van der Waals surface area contributed by atoms with Gasteiger partial charge in [-0.3, -0.25) is 24.1 Å². The zero-order valence-corrected chi connectivity index (χ0v) is 15.6. The lowest BCUT2D eigenvalue weighted by molar-refractivity contribution is -0.146. The second kappa shape index (κ2) is 7.41. The molecule has 2 fully saturated rings. The lowest BCUT2D eigenvalue weighted by atomic mass is 9.96. The molecule has 0 radical (unpaired) electrons. The monoisotopic (exact) mass is 387 g/mol. The summed E-state index contributed by atoms with van der Waals surface area (Å²) in [6, 6.07) is 5.49. The van der Waals surface area contributed by atoms with Gasteiger partial charge in [0.05, 0.1) is 0 Å². The van der Waals surface area contributed by atoms with Crippen molar-refractivity contribution in [2.75, 3.05) is 18.5 Å². The number of Topliss-reactive ketones (excluding diaryl/α,β-unsaturated/α-hetero) is 1. The third-order valence-electron chi connectivity index (χ3n) is 4.87. The summed E-state index contributed by atoms with van der Waals surface area (Å²) in [6.45, 7) is 1.98. The maximum absolute atomic E-state index is 12.5. The summed E-state index contributed by atoms with van der Waals surface area (Å²) in [4.78, 5) is 60.4. The van der Waals surface area contributed by atoms with Crippen molar-refractivity contribution in [2.45, 2.75) is 32.2 Å². The summed E-state index contributed by atoms with van der Waals surface area (Å²) in [7, 11) is 0. The van der Waals surface area contributed by atoms with Crippen molar-refractivity contribution in [3.05, 3.63) is 29.8 Å². The number of anilines is 1. The molecule has 28 heavy (non-hydrogen) atoms. The van der Waals surface area contributed by atoms with Gasteiger partial charge in [0.1, 0.15) is 12.1 Å². The molecule has 1 saturated heterocycles. The van der Waals surface area contributed by atoms with Crippen molar-refractivity contribution in [1.29, 1.82) is 0 Å². The normalized spacial score (nSPS) is 21.3. The second-order valence-corrected chi connectivity index (χ2v) is 7.14. The van der Waals surface area contributed by atoms with Gasteiger partial charge in [0.15, 0.2) is 12.4 Å². The number of carbonyl (C=O) groups is 5. The Balaban J connectivity index is 1.51. The van der Waals surface area contributed by atoms with Crippen LogP contribution in [0.25, 0.3) is 0 Å². The first-order valence-electron chi connectivity index (χ1n) is 8.91. The van der Waals surface area contributed by atoms with E-state index in [-0.39, 0.29) is 11.8 Å². The zero-order chi connectivity index (χ0) is 20.5. The summed E-state index contributed by atoms with van der Waals surface area (Å²) in [5, 5.41) is 5.22. The number of rotatable bonds is 7. The highest BCUT2D eigenvalue weighted by Crippen LogP contribution is 2.42. The van der Waals surface area contributed by atoms with Crippen LogP contribution in [0.2, 0.25) is 0 Å². The summed E-state index contributed by atoms with van der Waals surface area (Å²) in [6.07, 6.45) is 1.71. The van der Waals surface area contributed by atoms with Crippen LogP contribution in [0.5, 0.6) is 0 Å². The third kappa shape index (κ3) is 4.03. The average molecular weight is 387 g/mol. The summed E-state index contributed by atoms with van der Waals surface area (Å²) in [5.74, 6) is -1.87. The van der Waals surface area contributed by atoms with E-state index >= 15 is 0 Å². The Morgan fingerprint density at radius 2 is 1.86 bits per heavy atom. The minimum atomic E-state index is -0.969. The fraction of sp³-hybridized carbons (Fsp3) is 0.421. The Kier molecular flexibility index (Phi) is 5.17. The first-order valence-corrected chi connectivity index (χ1v) is 8.91. The SMILES string of the molecule is CC(=O)Nc1ccc(C(=O)COC(=O)CN2C(=O)N[C@@](C)(C3CC3)C2=O)cc1. The van der Waals surface area contributed by atoms with Crippen LogP contribution < -0.4 is 10.6 Å². The van der Waals surface area contributed by atoms with Gasteiger partial charge in [-0.05, 0) is 49.9 Å². The molecule has 9 nitrogen and oxygen atoms in total. The van der Waals surface area contributed by atoms with E-state index in [1.54, 1.807) is 19.1 Å². The number of benzene rings is 1. The highest BCUT2D eigenvalue weighted by Gasteiger charge is 2.56. The molecule has 0 spiro atoms. The van der Waals surface area contributed by atoms with E-state index < -0.39 is 42.4 Å². The molecule has 1 aromatic carbocycles. The maximum Gasteiger partial charge on any atom is 0.326 e. The third-order valence-corrected chi connectivity index (χ3v) is 4.87. The van der Waals surface area contributed by atoms with Crippen LogP contribution in [0.1, 0.15) is 37.0 Å². The number of ether oxygens (including phenoxy) is 1. The van der Waals surface area contributed by atoms with Crippen LogP contribution in [0, 0.1) is 5.92 Å². The van der Waals surface area contributed by atoms with Crippen LogP contribution in [-0.4, -0.2) is 53.2 Å². The first-order chi connectivity index (χ1) is 13.2. The van der Waals surface area contributed by atoms with E-state index in [1.807, 2.05) is 0 Å². The van der Waals surface area contributed by atoms with E-state index in [2.05, 4.69) is 10.6 Å². The van der Waals surface area contributed by atoms with Crippen LogP contribution in [0.4, 0.5) is 10.5 Å². The summed E-state index contributed by atoms with van der Waals surface area (Å²) >= 11 is 0. The van der Waals surface area contributed by atoms with Crippen molar-refractivity contribution in [3.8, 4) is 0 Å². The van der Waals surface area contributed by atoms with Gasteiger partial charge in [-0.15, -0.1) is 0 Å². The Labute approximate surface area is 161 Å². The molecule has 2 aliphatic rings. The molecule has 1 heterocycles. The average Bonchev–Trinajstić information content (AvgIpc) is 3.46. The Morgan fingerprint density at radius 1 is 1.21 bits per heavy atom. The number of ketones is 1. The molecule has 1 aliphatic heterocycles. The molecule has 1 aliphatic carbocycles. The number of amides is 4. The molecule has 9 heteroatoms. The lowest BCUT2D eigenvalue weighted by Crippen LogP contribution is -2.46. The number of carbonyl (C=O) groups excluding carboxylic acids is 5. The molecular formula is C19H21N3O6. The van der Waals surface area contributed by atoms with Gasteiger partial charge in [0.25, 0.3) is 5.91 Å². The highest BCUT2D eigenvalue weighted by atomic mass is 16.5. The van der Waals surface area contributed by atoms with E-state index in [1.165, 1.54) is 19.1 Å². The van der Waals surface area contributed by atoms with Crippen molar-refractivity contribution in [3.63, 3.8) is 0 Å². The minimum absolute atomic E-state index is 0.0898. The van der Waals surface area contributed by atoms with E-state index in [0.29, 0.717) is 11.3 Å². The van der Waals surface area contributed by atoms with Crippen LogP contribution in [-0.2, 0) is 19.1 Å². The lowest BCUT2D eigenvalue weighted by Gasteiger charge is -2.20. The molecule has 0 bridgehead atoms. The molecule has 0 unspecified atom stereocenters. The zero-order valence-electron chi connectivity index (χ0n) is 15.6. The maximum atomic E-state index is 12.5. The molecule has 4 amide bonds. The smallest absolute Gasteiger partial charge is 0.326 e. The van der Waals surface area contributed by atoms with Crippen molar-refractivity contribution >= 4 is 35.3 Å². The van der Waals surface area contributed by atoms with Crippen LogP contribution in [0.3, 0.4) is 0 Å². The van der Waals surface area contributed by atoms with Crippen molar-refractivity contribution in [1.82, 2.24) is 10.2 Å². The number of esters is 1. The van der Waals surface area contributed by atoms with E-state index in [4.69, 9.17) is 4.74 Å². The van der Waals surface area contributed by atoms with Gasteiger partial charge in [0.2, 0.25) is 5.91 Å². The summed E-state index contributed by atoms with van der Waals surface area (Å²) < 4.78 is 4.92. The van der Waals surface area contributed by atoms with Crippen molar-refractivity contribution < 1.29 is 28.7 Å². The molecular weight excluding hydrogens is 366 g/mol. The van der Waals surface area contributed by atoms with E-state index in [0.717, 1.165) is 17.7 Å². The van der Waals surface area contributed by atoms with Crippen molar-refractivity contribution in [2.24, 2.45) is 5.92 Å². The van der Waals surface area contributed by atoms with Gasteiger partial charge >= 0.3 is 12.0 Å². The fourth-order valence-corrected chi connectivity index (χ4v) is 3.14. The fourth-order valence-electron chi connectivity index (χ4n) is 3.14. The number of nitrogens with one attached hydrogen (secondary N) is 2. The quantitative estimate of drug-likeness (QED) is 0.410. The van der Waals surface area contributed by atoms with Gasteiger partial charge in [-0.1, -0.05) is 0 Å². The molecule has 2 N–H and O–H groups in total. The molecule has 1 atom stereocenters. The standard InChI is InChI=1S/C19H21N3O6/c1-11(23)20-14-7-3-12(4-8-14)15(24)10-28-16(25)9-22-17(26)19(2,13-5-6-13)21-18(22)27/h3-4,7-8,13H,5-6,9-10H2,1-2H3,(H,20,23)(H,21,27)/t19-/m0/s1. The Hall–Kier alpha value is -3.23. The number of hydrogen-bond acceptors (Lipinski definition) is 6. The molecule has 3 rings (SSSR count). The molecule has 1 saturated carbocycles. The van der Waals surface area contributed by atoms with Gasteiger partial charge in [-0.25, -0.2) is 4.79 Å². The number of hydrogen-bond donors (Lipinski definition) is 2. The van der Waals surface area contributed by atoms with Gasteiger partial charge in [0, 0.05) is 18.2 Å². The van der Waals surface area contributed by atoms with Gasteiger partial charge in [-0.2, -0.15) is 0 Å². The topological polar surface area (TPSA) is 122 Å². The minimum Gasteiger partial charge on any atom is -0.456 e. The van der Waals surface area contributed by atoms with Gasteiger partial charge < -0.3 is 15.4 Å². The Bertz CT molecular complexity index is 846. The highest BCUT2D eigenvalue weighted by molar-refractivity contribution is 6.09. The second-order valence-electron chi connectivity index (χ2n) is 7.14.